The Morgan fingerprint density at radius 3 is 2.76 bits per heavy atom. The molecule has 0 fully saturated rings. The van der Waals surface area contributed by atoms with Gasteiger partial charge in [0, 0.05) is 24.2 Å². The highest BCUT2D eigenvalue weighted by Crippen LogP contribution is 2.32. The molecule has 0 radical (unpaired) electrons. The van der Waals surface area contributed by atoms with Gasteiger partial charge in [0.25, 0.3) is 0 Å². The molecule has 0 aliphatic carbocycles. The Labute approximate surface area is 100.0 Å². The fraction of sp³-hybridized carbons (Fsp3) is 0.385. The van der Waals surface area contributed by atoms with Gasteiger partial charge in [0.2, 0.25) is 0 Å². The Kier molecular flexibility index (Phi) is 3.07. The molecule has 0 spiro atoms. The topological polar surface area (TPSA) is 40.2 Å². The SMILES string of the molecule is COc1cn(C[C@H](C)N)c2ccc(F)c(C)c12. The molecule has 1 aromatic carbocycles. The lowest BCUT2D eigenvalue weighted by Gasteiger charge is -2.08. The van der Waals surface area contributed by atoms with Crippen LogP contribution in [-0.2, 0) is 6.54 Å². The summed E-state index contributed by atoms with van der Waals surface area (Å²) in [5.41, 5.74) is 7.37. The summed E-state index contributed by atoms with van der Waals surface area (Å²) in [6.45, 7) is 4.38. The minimum absolute atomic E-state index is 0.0423. The van der Waals surface area contributed by atoms with Crippen LogP contribution in [-0.4, -0.2) is 17.7 Å². The molecule has 0 aliphatic heterocycles. The normalized spacial score (nSPS) is 13.0. The second-order valence-electron chi connectivity index (χ2n) is 4.39. The molecule has 2 N–H and O–H groups in total. The summed E-state index contributed by atoms with van der Waals surface area (Å²) in [6.07, 6.45) is 1.88. The van der Waals surface area contributed by atoms with Crippen LogP contribution in [0, 0.1) is 12.7 Å². The number of aryl methyl sites for hydroxylation is 1. The molecule has 92 valence electrons. The number of ether oxygens (including phenoxy) is 1. The zero-order valence-electron chi connectivity index (χ0n) is 10.3. The van der Waals surface area contributed by atoms with Gasteiger partial charge >= 0.3 is 0 Å². The largest absolute Gasteiger partial charge is 0.495 e. The second-order valence-corrected chi connectivity index (χ2v) is 4.39. The maximum atomic E-state index is 13.5. The fourth-order valence-corrected chi connectivity index (χ4v) is 2.11. The van der Waals surface area contributed by atoms with E-state index in [1.54, 1.807) is 20.1 Å². The Hall–Kier alpha value is -1.55. The van der Waals surface area contributed by atoms with Crippen molar-refractivity contribution in [1.29, 1.82) is 0 Å². The molecule has 2 aromatic rings. The zero-order valence-corrected chi connectivity index (χ0v) is 10.3. The zero-order chi connectivity index (χ0) is 12.6. The van der Waals surface area contributed by atoms with Crippen LogP contribution in [0.5, 0.6) is 5.75 Å². The van der Waals surface area contributed by atoms with Crippen molar-refractivity contribution < 1.29 is 9.13 Å². The van der Waals surface area contributed by atoms with Gasteiger partial charge in [0.1, 0.15) is 11.6 Å². The van der Waals surface area contributed by atoms with Crippen molar-refractivity contribution in [1.82, 2.24) is 4.57 Å². The van der Waals surface area contributed by atoms with E-state index in [1.807, 2.05) is 17.7 Å². The highest BCUT2D eigenvalue weighted by atomic mass is 19.1. The lowest BCUT2D eigenvalue weighted by atomic mass is 10.1. The van der Waals surface area contributed by atoms with E-state index in [9.17, 15) is 4.39 Å². The van der Waals surface area contributed by atoms with Crippen LogP contribution in [0.2, 0.25) is 0 Å². The van der Waals surface area contributed by atoms with Gasteiger partial charge in [-0.05, 0) is 31.5 Å². The van der Waals surface area contributed by atoms with Crippen LogP contribution in [0.25, 0.3) is 10.9 Å². The van der Waals surface area contributed by atoms with Gasteiger partial charge in [-0.15, -0.1) is 0 Å². The first kappa shape index (κ1) is 11.9. The summed E-state index contributed by atoms with van der Waals surface area (Å²) >= 11 is 0. The van der Waals surface area contributed by atoms with Crippen molar-refractivity contribution in [2.45, 2.75) is 26.4 Å². The minimum atomic E-state index is -0.214. The molecule has 0 saturated carbocycles. The predicted octanol–water partition coefficient (Wildman–Crippen LogP) is 2.44. The molecule has 3 nitrogen and oxygen atoms in total. The number of nitrogens with zero attached hydrogens (tertiary/aromatic N) is 1. The van der Waals surface area contributed by atoms with Crippen LogP contribution in [0.4, 0.5) is 4.39 Å². The van der Waals surface area contributed by atoms with Crippen LogP contribution < -0.4 is 10.5 Å². The number of benzene rings is 1. The summed E-state index contributed by atoms with van der Waals surface area (Å²) in [4.78, 5) is 0. The third kappa shape index (κ3) is 2.00. The summed E-state index contributed by atoms with van der Waals surface area (Å²) in [5.74, 6) is 0.479. The van der Waals surface area contributed by atoms with Gasteiger partial charge in [-0.2, -0.15) is 0 Å². The molecule has 4 heteroatoms. The molecule has 1 atom stereocenters. The van der Waals surface area contributed by atoms with Crippen LogP contribution in [0.15, 0.2) is 18.3 Å². The van der Waals surface area contributed by atoms with Gasteiger partial charge in [0.05, 0.1) is 12.6 Å². The van der Waals surface area contributed by atoms with Crippen LogP contribution in [0.1, 0.15) is 12.5 Å². The van der Waals surface area contributed by atoms with Gasteiger partial charge in [-0.3, -0.25) is 0 Å². The second kappa shape index (κ2) is 4.37. The van der Waals surface area contributed by atoms with Crippen molar-refractivity contribution in [2.75, 3.05) is 7.11 Å². The van der Waals surface area contributed by atoms with Crippen molar-refractivity contribution in [3.8, 4) is 5.75 Å². The van der Waals surface area contributed by atoms with Crippen LogP contribution in [0.3, 0.4) is 0 Å². The molecule has 1 heterocycles. The third-order valence-corrected chi connectivity index (χ3v) is 2.91. The first-order valence-corrected chi connectivity index (χ1v) is 5.62. The highest BCUT2D eigenvalue weighted by Gasteiger charge is 2.14. The smallest absolute Gasteiger partial charge is 0.144 e. The number of halogens is 1. The fourth-order valence-electron chi connectivity index (χ4n) is 2.11. The molecule has 0 saturated heterocycles. The summed E-state index contributed by atoms with van der Waals surface area (Å²) in [6, 6.07) is 3.29. The Balaban J connectivity index is 2.68. The Bertz CT molecular complexity index is 546. The Morgan fingerprint density at radius 1 is 1.47 bits per heavy atom. The molecule has 0 aliphatic rings. The van der Waals surface area contributed by atoms with Gasteiger partial charge in [0.15, 0.2) is 0 Å². The molecule has 0 unspecified atom stereocenters. The number of hydrogen-bond acceptors (Lipinski definition) is 2. The average Bonchev–Trinajstić information content (AvgIpc) is 2.61. The first-order chi connectivity index (χ1) is 8.04. The molecule has 0 amide bonds. The molecular weight excluding hydrogens is 219 g/mol. The van der Waals surface area contributed by atoms with Crippen molar-refractivity contribution >= 4 is 10.9 Å². The standard InChI is InChI=1S/C13H17FN2O/c1-8(15)6-16-7-12(17-3)13-9(2)10(14)4-5-11(13)16/h4-5,7-8H,6,15H2,1-3H3/t8-/m0/s1. The number of methoxy groups -OCH3 is 1. The maximum Gasteiger partial charge on any atom is 0.144 e. The van der Waals surface area contributed by atoms with Gasteiger partial charge in [-0.1, -0.05) is 0 Å². The van der Waals surface area contributed by atoms with E-state index in [0.717, 1.165) is 10.9 Å². The van der Waals surface area contributed by atoms with E-state index in [2.05, 4.69) is 0 Å². The molecule has 2 rings (SSSR count). The highest BCUT2D eigenvalue weighted by molar-refractivity contribution is 5.90. The van der Waals surface area contributed by atoms with E-state index in [1.165, 1.54) is 6.07 Å². The minimum Gasteiger partial charge on any atom is -0.495 e. The number of hydrogen-bond donors (Lipinski definition) is 1. The lowest BCUT2D eigenvalue weighted by molar-refractivity contribution is 0.416. The molecule has 0 bridgehead atoms. The number of aromatic nitrogens is 1. The molecule has 17 heavy (non-hydrogen) atoms. The maximum absolute atomic E-state index is 13.5. The number of fused-ring (bicyclic) bond motifs is 1. The van der Waals surface area contributed by atoms with Crippen molar-refractivity contribution in [2.24, 2.45) is 5.73 Å². The quantitative estimate of drug-likeness (QED) is 0.889. The van der Waals surface area contributed by atoms with Crippen molar-refractivity contribution in [3.05, 3.63) is 29.7 Å². The predicted molar refractivity (Wildman–Crippen MR) is 66.8 cm³/mol. The monoisotopic (exact) mass is 236 g/mol. The first-order valence-electron chi connectivity index (χ1n) is 5.62. The molecule has 1 aromatic heterocycles. The summed E-state index contributed by atoms with van der Waals surface area (Å²) < 4.78 is 20.8. The third-order valence-electron chi connectivity index (χ3n) is 2.91. The number of rotatable bonds is 3. The van der Waals surface area contributed by atoms with E-state index in [-0.39, 0.29) is 11.9 Å². The molecular formula is C13H17FN2O. The summed E-state index contributed by atoms with van der Waals surface area (Å²) in [7, 11) is 1.59. The Morgan fingerprint density at radius 2 is 2.18 bits per heavy atom. The van der Waals surface area contributed by atoms with E-state index in [4.69, 9.17) is 10.5 Å². The lowest BCUT2D eigenvalue weighted by Crippen LogP contribution is -2.21. The number of nitrogens with two attached hydrogens (primary N) is 1. The average molecular weight is 236 g/mol. The summed E-state index contributed by atoms with van der Waals surface area (Å²) in [5, 5.41) is 0.827. The van der Waals surface area contributed by atoms with E-state index >= 15 is 0 Å². The van der Waals surface area contributed by atoms with Gasteiger partial charge < -0.3 is 15.0 Å². The van der Waals surface area contributed by atoms with E-state index in [0.29, 0.717) is 17.9 Å². The van der Waals surface area contributed by atoms with E-state index < -0.39 is 0 Å². The van der Waals surface area contributed by atoms with Crippen molar-refractivity contribution in [3.63, 3.8) is 0 Å². The van der Waals surface area contributed by atoms with Gasteiger partial charge in [-0.25, -0.2) is 4.39 Å². The van der Waals surface area contributed by atoms with Crippen LogP contribution >= 0.6 is 0 Å².